The highest BCUT2D eigenvalue weighted by Gasteiger charge is 2.01. The van der Waals surface area contributed by atoms with Crippen molar-refractivity contribution in [3.05, 3.63) is 24.3 Å². The molecule has 1 aromatic rings. The maximum Gasteiger partial charge on any atom is 0.343 e. The van der Waals surface area contributed by atoms with E-state index in [2.05, 4.69) is 4.74 Å². The van der Waals surface area contributed by atoms with Crippen LogP contribution in [0, 0.1) is 0 Å². The minimum absolute atomic E-state index is 0. The lowest BCUT2D eigenvalue weighted by Crippen LogP contribution is -2.12. The molecule has 0 aliphatic rings. The number of esters is 1. The molecule has 0 aliphatic carbocycles. The monoisotopic (exact) mass is 261 g/mol. The van der Waals surface area contributed by atoms with Crippen molar-refractivity contribution in [2.45, 2.75) is 0 Å². The van der Waals surface area contributed by atoms with Crippen LogP contribution in [0.3, 0.4) is 0 Å². The molecule has 1 aromatic carbocycles. The molecule has 17 heavy (non-hydrogen) atoms. The fraction of sp³-hybridized carbons (Fsp3) is 0.364. The molecule has 0 bridgehead atoms. The van der Waals surface area contributed by atoms with Gasteiger partial charge in [0.25, 0.3) is 0 Å². The maximum absolute atomic E-state index is 10.8. The summed E-state index contributed by atoms with van der Waals surface area (Å²) in [6, 6.07) is 6.94. The Bertz CT molecular complexity index is 329. The van der Waals surface area contributed by atoms with Crippen molar-refractivity contribution in [3.8, 4) is 11.5 Å². The third kappa shape index (κ3) is 5.99. The molecule has 0 amide bonds. The van der Waals surface area contributed by atoms with Crippen LogP contribution >= 0.6 is 12.4 Å². The van der Waals surface area contributed by atoms with Gasteiger partial charge in [-0.1, -0.05) is 0 Å². The van der Waals surface area contributed by atoms with Gasteiger partial charge in [-0.25, -0.2) is 4.79 Å². The summed E-state index contributed by atoms with van der Waals surface area (Å²) >= 11 is 0. The summed E-state index contributed by atoms with van der Waals surface area (Å²) in [5, 5.41) is 0. The fourth-order valence-corrected chi connectivity index (χ4v) is 1.01. The van der Waals surface area contributed by atoms with E-state index in [0.717, 1.165) is 5.75 Å². The molecule has 2 N–H and O–H groups in total. The number of halogens is 1. The Morgan fingerprint density at radius 1 is 1.18 bits per heavy atom. The Labute approximate surface area is 106 Å². The van der Waals surface area contributed by atoms with Crippen LogP contribution < -0.4 is 15.2 Å². The Balaban J connectivity index is 0.00000256. The predicted molar refractivity (Wildman–Crippen MR) is 65.8 cm³/mol. The Morgan fingerprint density at radius 3 is 2.18 bits per heavy atom. The van der Waals surface area contributed by atoms with Crippen molar-refractivity contribution in [1.82, 2.24) is 0 Å². The number of rotatable bonds is 6. The van der Waals surface area contributed by atoms with E-state index in [-0.39, 0.29) is 19.0 Å². The molecule has 0 saturated heterocycles. The van der Waals surface area contributed by atoms with Crippen LogP contribution in [-0.2, 0) is 9.53 Å². The van der Waals surface area contributed by atoms with Crippen LogP contribution in [0.4, 0.5) is 0 Å². The molecule has 1 rings (SSSR count). The lowest BCUT2D eigenvalue weighted by atomic mass is 10.3. The molecular weight excluding hydrogens is 246 g/mol. The van der Waals surface area contributed by atoms with Crippen molar-refractivity contribution in [2.75, 3.05) is 26.9 Å². The molecule has 0 fully saturated rings. The van der Waals surface area contributed by atoms with Crippen LogP contribution in [0.5, 0.6) is 11.5 Å². The molecule has 0 unspecified atom stereocenters. The van der Waals surface area contributed by atoms with Crippen LogP contribution in [0.2, 0.25) is 0 Å². The molecule has 96 valence electrons. The predicted octanol–water partition coefficient (Wildman–Crippen LogP) is 0.998. The number of hydrogen-bond acceptors (Lipinski definition) is 5. The van der Waals surface area contributed by atoms with Crippen LogP contribution in [0.15, 0.2) is 24.3 Å². The van der Waals surface area contributed by atoms with Crippen molar-refractivity contribution >= 4 is 18.4 Å². The number of hydrogen-bond donors (Lipinski definition) is 1. The number of carbonyl (C=O) groups excluding carboxylic acids is 1. The number of benzene rings is 1. The highest BCUT2D eigenvalue weighted by molar-refractivity contribution is 5.85. The molecule has 6 heteroatoms. The smallest absolute Gasteiger partial charge is 0.343 e. The first kappa shape index (κ1) is 15.5. The van der Waals surface area contributed by atoms with E-state index in [9.17, 15) is 4.79 Å². The van der Waals surface area contributed by atoms with Crippen molar-refractivity contribution in [2.24, 2.45) is 5.73 Å². The third-order valence-corrected chi connectivity index (χ3v) is 1.79. The molecule has 5 nitrogen and oxygen atoms in total. The second-order valence-corrected chi connectivity index (χ2v) is 2.97. The summed E-state index contributed by atoms with van der Waals surface area (Å²) < 4.78 is 14.9. The highest BCUT2D eigenvalue weighted by atomic mass is 35.5. The summed E-state index contributed by atoms with van der Waals surface area (Å²) in [5.74, 6) is 0.893. The van der Waals surface area contributed by atoms with E-state index in [1.165, 1.54) is 7.11 Å². The standard InChI is InChI=1S/C11H15NO4.ClH/c1-14-11(13)8-16-10-4-2-9(3-5-10)15-7-6-12;/h2-5H,6-8,12H2,1H3;1H. The van der Waals surface area contributed by atoms with Gasteiger partial charge in [0.1, 0.15) is 18.1 Å². The lowest BCUT2D eigenvalue weighted by molar-refractivity contribution is -0.142. The second kappa shape index (κ2) is 8.66. The highest BCUT2D eigenvalue weighted by Crippen LogP contribution is 2.17. The van der Waals surface area contributed by atoms with Crippen molar-refractivity contribution < 1.29 is 19.0 Å². The molecule has 0 heterocycles. The first-order chi connectivity index (χ1) is 7.76. The van der Waals surface area contributed by atoms with Gasteiger partial charge in [-0.05, 0) is 24.3 Å². The zero-order valence-electron chi connectivity index (χ0n) is 9.55. The average Bonchev–Trinajstić information content (AvgIpc) is 2.34. The Morgan fingerprint density at radius 2 is 1.71 bits per heavy atom. The normalized spacial score (nSPS) is 9.06. The van der Waals surface area contributed by atoms with E-state index in [1.807, 2.05) is 0 Å². The largest absolute Gasteiger partial charge is 0.492 e. The molecule has 0 radical (unpaired) electrons. The number of methoxy groups -OCH3 is 1. The summed E-state index contributed by atoms with van der Waals surface area (Å²) in [4.78, 5) is 10.8. The number of ether oxygens (including phenoxy) is 3. The molecule has 0 atom stereocenters. The first-order valence-electron chi connectivity index (χ1n) is 4.89. The van der Waals surface area contributed by atoms with Crippen LogP contribution in [-0.4, -0.2) is 32.8 Å². The van der Waals surface area contributed by atoms with E-state index in [4.69, 9.17) is 15.2 Å². The van der Waals surface area contributed by atoms with Crippen molar-refractivity contribution in [3.63, 3.8) is 0 Å². The topological polar surface area (TPSA) is 70.8 Å². The zero-order chi connectivity index (χ0) is 11.8. The van der Waals surface area contributed by atoms with Gasteiger partial charge in [0.05, 0.1) is 7.11 Å². The summed E-state index contributed by atoms with van der Waals surface area (Å²) in [5.41, 5.74) is 5.30. The summed E-state index contributed by atoms with van der Waals surface area (Å²) in [6.07, 6.45) is 0. The lowest BCUT2D eigenvalue weighted by Gasteiger charge is -2.07. The van der Waals surface area contributed by atoms with Crippen LogP contribution in [0.25, 0.3) is 0 Å². The van der Waals surface area contributed by atoms with E-state index < -0.39 is 5.97 Å². The molecule has 0 spiro atoms. The number of nitrogens with two attached hydrogens (primary N) is 1. The number of carbonyl (C=O) groups is 1. The van der Waals surface area contributed by atoms with Gasteiger partial charge < -0.3 is 19.9 Å². The minimum Gasteiger partial charge on any atom is -0.492 e. The van der Waals surface area contributed by atoms with E-state index in [1.54, 1.807) is 24.3 Å². The molecular formula is C11H16ClNO4. The quantitative estimate of drug-likeness (QED) is 0.774. The van der Waals surface area contributed by atoms with Gasteiger partial charge in [-0.15, -0.1) is 12.4 Å². The molecule has 0 aromatic heterocycles. The van der Waals surface area contributed by atoms with Gasteiger partial charge in [0.15, 0.2) is 6.61 Å². The van der Waals surface area contributed by atoms with E-state index >= 15 is 0 Å². The fourth-order valence-electron chi connectivity index (χ4n) is 1.01. The van der Waals surface area contributed by atoms with Gasteiger partial charge in [-0.3, -0.25) is 0 Å². The summed E-state index contributed by atoms with van der Waals surface area (Å²) in [7, 11) is 1.31. The SMILES string of the molecule is COC(=O)COc1ccc(OCCN)cc1.Cl. The molecule has 0 saturated carbocycles. The summed E-state index contributed by atoms with van der Waals surface area (Å²) in [6.45, 7) is 0.850. The Hall–Kier alpha value is -1.46. The van der Waals surface area contributed by atoms with Crippen molar-refractivity contribution in [1.29, 1.82) is 0 Å². The second-order valence-electron chi connectivity index (χ2n) is 2.97. The average molecular weight is 262 g/mol. The maximum atomic E-state index is 10.8. The van der Waals surface area contributed by atoms with Crippen LogP contribution in [0.1, 0.15) is 0 Å². The van der Waals surface area contributed by atoms with Gasteiger partial charge in [0.2, 0.25) is 0 Å². The van der Waals surface area contributed by atoms with Gasteiger partial charge >= 0.3 is 5.97 Å². The minimum atomic E-state index is -0.413. The first-order valence-corrected chi connectivity index (χ1v) is 4.89. The third-order valence-electron chi connectivity index (χ3n) is 1.79. The zero-order valence-corrected chi connectivity index (χ0v) is 10.4. The van der Waals surface area contributed by atoms with E-state index in [0.29, 0.717) is 18.9 Å². The Kier molecular flexibility index (Phi) is 7.92. The van der Waals surface area contributed by atoms with Gasteiger partial charge in [-0.2, -0.15) is 0 Å². The van der Waals surface area contributed by atoms with Gasteiger partial charge in [0, 0.05) is 6.54 Å². The molecule has 0 aliphatic heterocycles.